The Morgan fingerprint density at radius 1 is 0.706 bits per heavy atom. The summed E-state index contributed by atoms with van der Waals surface area (Å²) in [5, 5.41) is 21.6. The molecule has 1 saturated carbocycles. The van der Waals surface area contributed by atoms with Gasteiger partial charge in [-0.05, 0) is 59.1 Å². The summed E-state index contributed by atoms with van der Waals surface area (Å²) in [6.07, 6.45) is 7.45. The fraction of sp³-hybridized carbons (Fsp3) is 0.500. The molecule has 1 fully saturated rings. The van der Waals surface area contributed by atoms with Crippen molar-refractivity contribution >= 4 is 35.6 Å². The Labute approximate surface area is 213 Å². The Morgan fingerprint density at radius 2 is 1.06 bits per heavy atom. The van der Waals surface area contributed by atoms with E-state index in [1.54, 1.807) is 12.4 Å². The van der Waals surface area contributed by atoms with Crippen molar-refractivity contribution in [2.75, 3.05) is 0 Å². The van der Waals surface area contributed by atoms with Gasteiger partial charge in [0.05, 0.1) is 22.1 Å². The molecule has 2 aromatic carbocycles. The van der Waals surface area contributed by atoms with E-state index in [1.165, 1.54) is 0 Å². The first-order chi connectivity index (χ1) is 15.8. The largest absolute Gasteiger partial charge is 0.506 e. The minimum Gasteiger partial charge on any atom is -0.506 e. The third kappa shape index (κ3) is 6.34. The van der Waals surface area contributed by atoms with Crippen LogP contribution >= 0.6 is 23.2 Å². The molecule has 0 heterocycles. The first-order valence-corrected chi connectivity index (χ1v) is 12.7. The fourth-order valence-corrected chi connectivity index (χ4v) is 4.55. The zero-order valence-electron chi connectivity index (χ0n) is 21.0. The van der Waals surface area contributed by atoms with E-state index < -0.39 is 0 Å². The second-order valence-corrected chi connectivity index (χ2v) is 12.1. The van der Waals surface area contributed by atoms with Crippen molar-refractivity contribution in [2.45, 2.75) is 90.1 Å². The summed E-state index contributed by atoms with van der Waals surface area (Å²) < 4.78 is 0. The molecule has 1 aliphatic rings. The summed E-state index contributed by atoms with van der Waals surface area (Å²) >= 11 is 12.6. The van der Waals surface area contributed by atoms with E-state index in [4.69, 9.17) is 33.2 Å². The molecule has 2 atom stereocenters. The fourth-order valence-electron chi connectivity index (χ4n) is 4.10. The number of phenols is 2. The number of aromatic hydroxyl groups is 2. The number of rotatable bonds is 4. The molecule has 0 saturated heterocycles. The summed E-state index contributed by atoms with van der Waals surface area (Å²) in [6, 6.07) is 7.50. The van der Waals surface area contributed by atoms with Crippen molar-refractivity contribution in [1.82, 2.24) is 0 Å². The van der Waals surface area contributed by atoms with Gasteiger partial charge in [-0.2, -0.15) is 0 Å². The number of aliphatic imine (C=N–C) groups is 2. The molecule has 34 heavy (non-hydrogen) atoms. The molecule has 1 aliphatic carbocycles. The smallest absolute Gasteiger partial charge is 0.142 e. The standard InChI is InChI=1S/C28H36Cl2N2O2/c1-27(2,3)19-11-17(25(33)21(29)13-19)15-31-23-9-7-8-10-24(23)32-16-18-12-20(28(4,5)6)14-22(30)26(18)34/h11-16,23-24,33-34H,7-10H2,1-6H3/t23-,24-/m1/s1. The maximum Gasteiger partial charge on any atom is 0.142 e. The van der Waals surface area contributed by atoms with Crippen molar-refractivity contribution in [3.8, 4) is 11.5 Å². The number of hydrogen-bond acceptors (Lipinski definition) is 4. The first-order valence-electron chi connectivity index (χ1n) is 11.9. The Hall–Kier alpha value is -2.04. The maximum atomic E-state index is 10.5. The van der Waals surface area contributed by atoms with E-state index in [0.717, 1.165) is 36.8 Å². The van der Waals surface area contributed by atoms with E-state index in [9.17, 15) is 10.2 Å². The van der Waals surface area contributed by atoms with Crippen molar-refractivity contribution in [1.29, 1.82) is 0 Å². The average Bonchev–Trinajstić information content (AvgIpc) is 2.74. The predicted molar refractivity (Wildman–Crippen MR) is 145 cm³/mol. The van der Waals surface area contributed by atoms with Gasteiger partial charge in [-0.3, -0.25) is 9.98 Å². The van der Waals surface area contributed by atoms with E-state index >= 15 is 0 Å². The lowest BCUT2D eigenvalue weighted by Gasteiger charge is -2.26. The molecule has 0 aromatic heterocycles. The monoisotopic (exact) mass is 502 g/mol. The number of hydrogen-bond donors (Lipinski definition) is 2. The van der Waals surface area contributed by atoms with Crippen LogP contribution in [0.3, 0.4) is 0 Å². The molecule has 0 spiro atoms. The topological polar surface area (TPSA) is 65.2 Å². The lowest BCUT2D eigenvalue weighted by molar-refractivity contribution is 0.390. The molecule has 184 valence electrons. The summed E-state index contributed by atoms with van der Waals surface area (Å²) in [5.41, 5.74) is 3.13. The van der Waals surface area contributed by atoms with Gasteiger partial charge in [0.25, 0.3) is 0 Å². The lowest BCUT2D eigenvalue weighted by atomic mass is 9.86. The van der Waals surface area contributed by atoms with Gasteiger partial charge in [0, 0.05) is 23.6 Å². The molecule has 3 rings (SSSR count). The van der Waals surface area contributed by atoms with E-state index in [0.29, 0.717) is 21.2 Å². The van der Waals surface area contributed by atoms with Gasteiger partial charge in [-0.1, -0.05) is 77.6 Å². The highest BCUT2D eigenvalue weighted by Crippen LogP contribution is 2.35. The molecule has 0 radical (unpaired) electrons. The van der Waals surface area contributed by atoms with Crippen LogP contribution in [0.1, 0.15) is 89.5 Å². The van der Waals surface area contributed by atoms with Gasteiger partial charge in [0.2, 0.25) is 0 Å². The maximum absolute atomic E-state index is 10.5. The van der Waals surface area contributed by atoms with Crippen LogP contribution in [0.4, 0.5) is 0 Å². The molecule has 0 bridgehead atoms. The Kier molecular flexibility index (Phi) is 8.04. The first kappa shape index (κ1) is 26.6. The highest BCUT2D eigenvalue weighted by molar-refractivity contribution is 6.33. The minimum absolute atomic E-state index is 0.00937. The van der Waals surface area contributed by atoms with Crippen LogP contribution in [-0.4, -0.2) is 34.7 Å². The molecule has 2 N–H and O–H groups in total. The van der Waals surface area contributed by atoms with Gasteiger partial charge in [-0.25, -0.2) is 0 Å². The third-order valence-electron chi connectivity index (χ3n) is 6.42. The second kappa shape index (κ2) is 10.3. The van der Waals surface area contributed by atoms with Crippen LogP contribution in [0.25, 0.3) is 0 Å². The van der Waals surface area contributed by atoms with E-state index in [1.807, 2.05) is 24.3 Å². The Morgan fingerprint density at radius 3 is 1.38 bits per heavy atom. The number of benzene rings is 2. The molecule has 6 heteroatoms. The highest BCUT2D eigenvalue weighted by atomic mass is 35.5. The van der Waals surface area contributed by atoms with Gasteiger partial charge in [0.15, 0.2) is 0 Å². The SMILES string of the molecule is CC(C)(C)c1cc(Cl)c(O)c(C=N[C@@H]2CCCC[C@H]2N=Cc2cc(C(C)(C)C)cc(Cl)c2O)c1. The van der Waals surface area contributed by atoms with Gasteiger partial charge >= 0.3 is 0 Å². The molecule has 4 nitrogen and oxygen atoms in total. The van der Waals surface area contributed by atoms with Crippen LogP contribution in [0.2, 0.25) is 10.0 Å². The van der Waals surface area contributed by atoms with Crippen LogP contribution in [0.5, 0.6) is 11.5 Å². The third-order valence-corrected chi connectivity index (χ3v) is 7.00. The molecule has 0 amide bonds. The van der Waals surface area contributed by atoms with Gasteiger partial charge < -0.3 is 10.2 Å². The average molecular weight is 504 g/mol. The molecule has 2 aromatic rings. The molecular weight excluding hydrogens is 467 g/mol. The Bertz CT molecular complexity index is 1010. The predicted octanol–water partition coefficient (Wildman–Crippen LogP) is 7.85. The van der Waals surface area contributed by atoms with Crippen LogP contribution < -0.4 is 0 Å². The normalized spacial score (nSPS) is 19.9. The van der Waals surface area contributed by atoms with Crippen LogP contribution in [-0.2, 0) is 10.8 Å². The summed E-state index contributed by atoms with van der Waals surface area (Å²) in [7, 11) is 0. The van der Waals surface area contributed by atoms with E-state index in [-0.39, 0.29) is 34.4 Å². The van der Waals surface area contributed by atoms with Crippen LogP contribution in [0.15, 0.2) is 34.3 Å². The van der Waals surface area contributed by atoms with Gasteiger partial charge in [0.1, 0.15) is 11.5 Å². The number of halogens is 2. The van der Waals surface area contributed by atoms with Crippen molar-refractivity contribution in [2.24, 2.45) is 9.98 Å². The number of nitrogens with zero attached hydrogens (tertiary/aromatic N) is 2. The summed E-state index contributed by atoms with van der Waals surface area (Å²) in [4.78, 5) is 9.65. The summed E-state index contributed by atoms with van der Waals surface area (Å²) in [5.74, 6) is 0.0978. The summed E-state index contributed by atoms with van der Waals surface area (Å²) in [6.45, 7) is 12.7. The van der Waals surface area contributed by atoms with Gasteiger partial charge in [-0.15, -0.1) is 0 Å². The highest BCUT2D eigenvalue weighted by Gasteiger charge is 2.24. The Balaban J connectivity index is 1.88. The molecule has 0 aliphatic heterocycles. The molecule has 0 unspecified atom stereocenters. The second-order valence-electron chi connectivity index (χ2n) is 11.3. The van der Waals surface area contributed by atoms with E-state index in [2.05, 4.69) is 41.5 Å². The van der Waals surface area contributed by atoms with Crippen molar-refractivity contribution < 1.29 is 10.2 Å². The lowest BCUT2D eigenvalue weighted by Crippen LogP contribution is -2.27. The quantitative estimate of drug-likeness (QED) is 0.417. The molecular formula is C28H36Cl2N2O2. The van der Waals surface area contributed by atoms with Crippen LogP contribution in [0, 0.1) is 0 Å². The minimum atomic E-state index is -0.0948. The van der Waals surface area contributed by atoms with Crippen molar-refractivity contribution in [3.63, 3.8) is 0 Å². The zero-order valence-corrected chi connectivity index (χ0v) is 22.5. The number of phenolic OH excluding ortho intramolecular Hbond substituents is 2. The zero-order chi connectivity index (χ0) is 25.3. The van der Waals surface area contributed by atoms with Crippen molar-refractivity contribution in [3.05, 3.63) is 56.6 Å².